The molecule has 5 heteroatoms. The molecule has 1 fully saturated rings. The first-order valence-electron chi connectivity index (χ1n) is 9.99. The largest absolute Gasteiger partial charge is 0.358 e. The number of pyridine rings is 1. The first kappa shape index (κ1) is 18.7. The molecule has 1 amide bonds. The fourth-order valence-electron chi connectivity index (χ4n) is 4.20. The van der Waals surface area contributed by atoms with E-state index in [9.17, 15) is 4.79 Å². The van der Waals surface area contributed by atoms with Crippen molar-refractivity contribution in [3.63, 3.8) is 0 Å². The summed E-state index contributed by atoms with van der Waals surface area (Å²) < 4.78 is 0. The van der Waals surface area contributed by atoms with Crippen molar-refractivity contribution in [1.29, 1.82) is 0 Å². The number of piperazine rings is 1. The van der Waals surface area contributed by atoms with Gasteiger partial charge in [-0.15, -0.1) is 0 Å². The third-order valence-electron chi connectivity index (χ3n) is 5.73. The number of nitrogens with one attached hydrogen (secondary N) is 1. The predicted molar refractivity (Wildman–Crippen MR) is 112 cm³/mol. The third-order valence-corrected chi connectivity index (χ3v) is 5.73. The molecule has 0 unspecified atom stereocenters. The molecule has 0 bridgehead atoms. The van der Waals surface area contributed by atoms with Crippen LogP contribution in [-0.4, -0.2) is 51.9 Å². The van der Waals surface area contributed by atoms with E-state index in [4.69, 9.17) is 0 Å². The lowest BCUT2D eigenvalue weighted by molar-refractivity contribution is -0.132. The number of nitrogens with zero attached hydrogens (tertiary/aromatic N) is 3. The van der Waals surface area contributed by atoms with Crippen molar-refractivity contribution in [3.8, 4) is 0 Å². The number of rotatable bonds is 4. The summed E-state index contributed by atoms with van der Waals surface area (Å²) in [6, 6.07) is 10.4. The minimum absolute atomic E-state index is 0.223. The SMILES string of the molecule is Cc1cc(C)c2[nH]c(C)c(CC(=O)N3CCN(Cc4ccccn4)CC3)c2c1. The van der Waals surface area contributed by atoms with Crippen molar-refractivity contribution in [2.75, 3.05) is 26.2 Å². The molecule has 3 aromatic rings. The molecular weight excluding hydrogens is 348 g/mol. The highest BCUT2D eigenvalue weighted by atomic mass is 16.2. The van der Waals surface area contributed by atoms with Crippen LogP contribution < -0.4 is 0 Å². The van der Waals surface area contributed by atoms with Gasteiger partial charge in [0, 0.05) is 55.5 Å². The molecule has 1 aliphatic heterocycles. The summed E-state index contributed by atoms with van der Waals surface area (Å²) in [5.74, 6) is 0.223. The Morgan fingerprint density at radius 1 is 1.11 bits per heavy atom. The summed E-state index contributed by atoms with van der Waals surface area (Å²) in [4.78, 5) is 25.2. The van der Waals surface area contributed by atoms with E-state index in [1.54, 1.807) is 0 Å². The smallest absolute Gasteiger partial charge is 0.227 e. The molecule has 1 aromatic carbocycles. The Labute approximate surface area is 166 Å². The Hall–Kier alpha value is -2.66. The molecule has 0 saturated carbocycles. The monoisotopic (exact) mass is 376 g/mol. The van der Waals surface area contributed by atoms with Crippen LogP contribution in [0, 0.1) is 20.8 Å². The van der Waals surface area contributed by atoms with Gasteiger partial charge in [-0.3, -0.25) is 14.7 Å². The van der Waals surface area contributed by atoms with E-state index < -0.39 is 0 Å². The number of hydrogen-bond donors (Lipinski definition) is 1. The lowest BCUT2D eigenvalue weighted by Crippen LogP contribution is -2.48. The van der Waals surface area contributed by atoms with Gasteiger partial charge in [-0.05, 0) is 50.1 Å². The van der Waals surface area contributed by atoms with Crippen LogP contribution in [-0.2, 0) is 17.8 Å². The fourth-order valence-corrected chi connectivity index (χ4v) is 4.20. The number of benzene rings is 1. The maximum Gasteiger partial charge on any atom is 0.227 e. The van der Waals surface area contributed by atoms with Gasteiger partial charge in [0.2, 0.25) is 5.91 Å². The summed E-state index contributed by atoms with van der Waals surface area (Å²) in [7, 11) is 0. The zero-order chi connectivity index (χ0) is 19.7. The zero-order valence-corrected chi connectivity index (χ0v) is 17.0. The summed E-state index contributed by atoms with van der Waals surface area (Å²) in [5, 5.41) is 1.19. The molecule has 1 saturated heterocycles. The summed E-state index contributed by atoms with van der Waals surface area (Å²) in [6.07, 6.45) is 2.30. The fraction of sp³-hybridized carbons (Fsp3) is 0.391. The van der Waals surface area contributed by atoms with E-state index in [-0.39, 0.29) is 5.91 Å². The molecule has 1 aliphatic rings. The number of aryl methyl sites for hydroxylation is 3. The highest BCUT2D eigenvalue weighted by Crippen LogP contribution is 2.27. The van der Waals surface area contributed by atoms with Gasteiger partial charge >= 0.3 is 0 Å². The van der Waals surface area contributed by atoms with Gasteiger partial charge in [-0.2, -0.15) is 0 Å². The number of carbonyl (C=O) groups excluding carboxylic acids is 1. The molecule has 28 heavy (non-hydrogen) atoms. The Bertz CT molecular complexity index is 985. The predicted octanol–water partition coefficient (Wildman–Crippen LogP) is 3.38. The zero-order valence-electron chi connectivity index (χ0n) is 17.0. The number of aromatic nitrogens is 2. The van der Waals surface area contributed by atoms with E-state index in [0.717, 1.165) is 55.2 Å². The van der Waals surface area contributed by atoms with Gasteiger partial charge in [0.15, 0.2) is 0 Å². The summed E-state index contributed by atoms with van der Waals surface area (Å²) in [5.41, 5.74) is 6.96. The van der Waals surface area contributed by atoms with Gasteiger partial charge in [0.05, 0.1) is 12.1 Å². The number of H-pyrrole nitrogens is 1. The van der Waals surface area contributed by atoms with Crippen LogP contribution in [0.2, 0.25) is 0 Å². The summed E-state index contributed by atoms with van der Waals surface area (Å²) in [6.45, 7) is 10.5. The van der Waals surface area contributed by atoms with Crippen molar-refractivity contribution in [1.82, 2.24) is 19.8 Å². The molecule has 3 heterocycles. The standard InChI is InChI=1S/C23H28N4O/c1-16-12-17(2)23-21(13-16)20(18(3)25-23)14-22(28)27-10-8-26(9-11-27)15-19-6-4-5-7-24-19/h4-7,12-13,25H,8-11,14-15H2,1-3H3. The molecule has 1 N–H and O–H groups in total. The molecule has 0 aliphatic carbocycles. The Balaban J connectivity index is 1.41. The van der Waals surface area contributed by atoms with Gasteiger partial charge in [0.25, 0.3) is 0 Å². The number of hydrogen-bond acceptors (Lipinski definition) is 3. The van der Waals surface area contributed by atoms with Crippen molar-refractivity contribution in [2.45, 2.75) is 33.7 Å². The van der Waals surface area contributed by atoms with E-state index in [1.165, 1.54) is 16.5 Å². The second-order valence-electron chi connectivity index (χ2n) is 7.89. The van der Waals surface area contributed by atoms with Gasteiger partial charge in [-0.1, -0.05) is 17.7 Å². The van der Waals surface area contributed by atoms with E-state index in [0.29, 0.717) is 6.42 Å². The minimum Gasteiger partial charge on any atom is -0.358 e. The quantitative estimate of drug-likeness (QED) is 0.759. The molecule has 0 spiro atoms. The van der Waals surface area contributed by atoms with Crippen molar-refractivity contribution in [3.05, 3.63) is 64.6 Å². The van der Waals surface area contributed by atoms with Crippen LogP contribution in [0.5, 0.6) is 0 Å². The number of fused-ring (bicyclic) bond motifs is 1. The maximum absolute atomic E-state index is 13.0. The van der Waals surface area contributed by atoms with Crippen LogP contribution in [0.4, 0.5) is 0 Å². The van der Waals surface area contributed by atoms with Crippen LogP contribution in [0.25, 0.3) is 10.9 Å². The van der Waals surface area contributed by atoms with Gasteiger partial charge < -0.3 is 9.88 Å². The summed E-state index contributed by atoms with van der Waals surface area (Å²) >= 11 is 0. The topological polar surface area (TPSA) is 52.2 Å². The van der Waals surface area contributed by atoms with Gasteiger partial charge in [0.1, 0.15) is 0 Å². The highest BCUT2D eigenvalue weighted by molar-refractivity contribution is 5.92. The van der Waals surface area contributed by atoms with E-state index in [1.807, 2.05) is 23.2 Å². The van der Waals surface area contributed by atoms with Crippen molar-refractivity contribution < 1.29 is 4.79 Å². The van der Waals surface area contributed by atoms with Crippen molar-refractivity contribution >= 4 is 16.8 Å². The minimum atomic E-state index is 0.223. The molecule has 5 nitrogen and oxygen atoms in total. The Kier molecular flexibility index (Phi) is 5.18. The van der Waals surface area contributed by atoms with Crippen LogP contribution in [0.15, 0.2) is 36.5 Å². The second kappa shape index (κ2) is 7.76. The number of aromatic amines is 1. The molecule has 0 atom stereocenters. The maximum atomic E-state index is 13.0. The first-order chi connectivity index (χ1) is 13.5. The Morgan fingerprint density at radius 2 is 1.89 bits per heavy atom. The number of carbonyl (C=O) groups is 1. The third kappa shape index (κ3) is 3.80. The lowest BCUT2D eigenvalue weighted by Gasteiger charge is -2.34. The van der Waals surface area contributed by atoms with E-state index >= 15 is 0 Å². The average molecular weight is 377 g/mol. The molecule has 4 rings (SSSR count). The Morgan fingerprint density at radius 3 is 2.61 bits per heavy atom. The second-order valence-corrected chi connectivity index (χ2v) is 7.89. The van der Waals surface area contributed by atoms with E-state index in [2.05, 4.69) is 53.8 Å². The lowest BCUT2D eigenvalue weighted by atomic mass is 10.0. The normalized spacial score (nSPS) is 15.3. The first-order valence-corrected chi connectivity index (χ1v) is 9.99. The molecular formula is C23H28N4O. The molecule has 0 radical (unpaired) electrons. The molecule has 146 valence electrons. The van der Waals surface area contributed by atoms with Crippen molar-refractivity contribution in [2.24, 2.45) is 0 Å². The average Bonchev–Trinajstić information content (AvgIpc) is 2.99. The van der Waals surface area contributed by atoms with Crippen LogP contribution in [0.3, 0.4) is 0 Å². The van der Waals surface area contributed by atoms with Crippen LogP contribution >= 0.6 is 0 Å². The number of amides is 1. The molecule has 2 aromatic heterocycles. The van der Waals surface area contributed by atoms with Crippen LogP contribution in [0.1, 0.15) is 28.1 Å². The highest BCUT2D eigenvalue weighted by Gasteiger charge is 2.23. The van der Waals surface area contributed by atoms with Gasteiger partial charge in [-0.25, -0.2) is 0 Å².